The van der Waals surface area contributed by atoms with Crippen LogP contribution in [-0.2, 0) is 6.42 Å². The highest BCUT2D eigenvalue weighted by atomic mass is 16.3. The number of nitrogens with one attached hydrogen (secondary N) is 1. The highest BCUT2D eigenvalue weighted by Gasteiger charge is 2.35. The zero-order valence-electron chi connectivity index (χ0n) is 10.7. The van der Waals surface area contributed by atoms with Crippen molar-refractivity contribution in [2.24, 2.45) is 0 Å². The molecule has 98 valence electrons. The number of phenols is 1. The Kier molecular flexibility index (Phi) is 3.04. The summed E-state index contributed by atoms with van der Waals surface area (Å²) in [5.74, 6) is 0.338. The van der Waals surface area contributed by atoms with E-state index < -0.39 is 5.60 Å². The minimum Gasteiger partial charge on any atom is -0.508 e. The summed E-state index contributed by atoms with van der Waals surface area (Å²) in [5, 5.41) is 23.2. The van der Waals surface area contributed by atoms with Gasteiger partial charge in [0, 0.05) is 12.6 Å². The van der Waals surface area contributed by atoms with Crippen molar-refractivity contribution in [1.82, 2.24) is 5.32 Å². The molecule has 3 heteroatoms. The average molecular weight is 247 g/mol. The van der Waals surface area contributed by atoms with Crippen molar-refractivity contribution in [2.75, 3.05) is 6.54 Å². The van der Waals surface area contributed by atoms with Crippen molar-refractivity contribution in [3.05, 3.63) is 29.3 Å². The Balaban J connectivity index is 1.72. The third-order valence-electron chi connectivity index (χ3n) is 4.41. The Morgan fingerprint density at radius 3 is 2.83 bits per heavy atom. The number of phenolic OH excluding ortho intramolecular Hbond substituents is 1. The van der Waals surface area contributed by atoms with E-state index in [-0.39, 0.29) is 6.04 Å². The molecular weight excluding hydrogens is 226 g/mol. The van der Waals surface area contributed by atoms with E-state index in [0.29, 0.717) is 12.3 Å². The molecule has 3 nitrogen and oxygen atoms in total. The number of benzene rings is 1. The summed E-state index contributed by atoms with van der Waals surface area (Å²) >= 11 is 0. The lowest BCUT2D eigenvalue weighted by Crippen LogP contribution is -2.47. The second kappa shape index (κ2) is 4.56. The van der Waals surface area contributed by atoms with Crippen molar-refractivity contribution in [3.8, 4) is 5.75 Å². The highest BCUT2D eigenvalue weighted by molar-refractivity contribution is 5.38. The molecule has 1 aromatic carbocycles. The van der Waals surface area contributed by atoms with Gasteiger partial charge in [-0.25, -0.2) is 0 Å². The zero-order chi connectivity index (χ0) is 12.6. The molecule has 3 N–H and O–H groups in total. The predicted molar refractivity (Wildman–Crippen MR) is 70.6 cm³/mol. The molecule has 0 saturated heterocycles. The third kappa shape index (κ3) is 2.25. The fourth-order valence-electron chi connectivity index (χ4n) is 3.07. The lowest BCUT2D eigenvalue weighted by Gasteiger charge is -2.39. The molecular formula is C15H21NO2. The Hall–Kier alpha value is -1.06. The van der Waals surface area contributed by atoms with E-state index in [1.807, 2.05) is 12.1 Å². The van der Waals surface area contributed by atoms with E-state index in [2.05, 4.69) is 5.32 Å². The summed E-state index contributed by atoms with van der Waals surface area (Å²) in [6.07, 6.45) is 6.33. The van der Waals surface area contributed by atoms with Gasteiger partial charge in [-0.3, -0.25) is 0 Å². The quantitative estimate of drug-likeness (QED) is 0.768. The van der Waals surface area contributed by atoms with E-state index in [1.165, 1.54) is 17.5 Å². The maximum Gasteiger partial charge on any atom is 0.115 e. The second-order valence-electron chi connectivity index (χ2n) is 5.79. The van der Waals surface area contributed by atoms with Crippen LogP contribution in [0.2, 0.25) is 0 Å². The number of fused-ring (bicyclic) bond motifs is 1. The zero-order valence-corrected chi connectivity index (χ0v) is 10.7. The van der Waals surface area contributed by atoms with Gasteiger partial charge in [-0.05, 0) is 61.8 Å². The molecule has 1 atom stereocenters. The predicted octanol–water partition coefficient (Wildman–Crippen LogP) is 2.27. The number of aromatic hydroxyl groups is 1. The molecule has 1 saturated carbocycles. The van der Waals surface area contributed by atoms with Crippen molar-refractivity contribution >= 4 is 0 Å². The standard InChI is InChI=1S/C15H21NO2/c17-12-6-5-11-3-1-4-14(13(11)9-12)16-10-15(18)7-2-8-15/h5-6,9,14,16-18H,1-4,7-8,10H2. The van der Waals surface area contributed by atoms with E-state index in [4.69, 9.17) is 0 Å². The smallest absolute Gasteiger partial charge is 0.115 e. The van der Waals surface area contributed by atoms with Gasteiger partial charge in [0.2, 0.25) is 0 Å². The lowest BCUT2D eigenvalue weighted by molar-refractivity contribution is -0.0336. The molecule has 0 amide bonds. The van der Waals surface area contributed by atoms with Crippen molar-refractivity contribution in [2.45, 2.75) is 50.2 Å². The lowest BCUT2D eigenvalue weighted by atomic mass is 9.79. The molecule has 2 aliphatic rings. The maximum absolute atomic E-state index is 10.1. The van der Waals surface area contributed by atoms with Crippen LogP contribution in [0.3, 0.4) is 0 Å². The molecule has 0 spiro atoms. The van der Waals surface area contributed by atoms with Gasteiger partial charge in [-0.15, -0.1) is 0 Å². The van der Waals surface area contributed by atoms with Gasteiger partial charge in [-0.1, -0.05) is 6.07 Å². The Morgan fingerprint density at radius 2 is 2.11 bits per heavy atom. The van der Waals surface area contributed by atoms with Crippen LogP contribution in [0.25, 0.3) is 0 Å². The number of aryl methyl sites for hydroxylation is 1. The molecule has 0 aromatic heterocycles. The third-order valence-corrected chi connectivity index (χ3v) is 4.41. The molecule has 1 unspecified atom stereocenters. The molecule has 0 bridgehead atoms. The van der Waals surface area contributed by atoms with Crippen LogP contribution in [0.15, 0.2) is 18.2 Å². The van der Waals surface area contributed by atoms with Gasteiger partial charge in [0.25, 0.3) is 0 Å². The van der Waals surface area contributed by atoms with Crippen molar-refractivity contribution in [3.63, 3.8) is 0 Å². The summed E-state index contributed by atoms with van der Waals surface area (Å²) in [4.78, 5) is 0. The number of rotatable bonds is 3. The van der Waals surface area contributed by atoms with Crippen molar-refractivity contribution < 1.29 is 10.2 Å². The van der Waals surface area contributed by atoms with Gasteiger partial charge in [0.15, 0.2) is 0 Å². The van der Waals surface area contributed by atoms with E-state index in [9.17, 15) is 10.2 Å². The van der Waals surface area contributed by atoms with Crippen LogP contribution in [0.4, 0.5) is 0 Å². The first-order valence-electron chi connectivity index (χ1n) is 6.94. The highest BCUT2D eigenvalue weighted by Crippen LogP contribution is 2.35. The average Bonchev–Trinajstić information content (AvgIpc) is 2.34. The van der Waals surface area contributed by atoms with Crippen LogP contribution in [0, 0.1) is 0 Å². The van der Waals surface area contributed by atoms with Gasteiger partial charge in [0.05, 0.1) is 5.60 Å². The molecule has 0 aliphatic heterocycles. The van der Waals surface area contributed by atoms with Gasteiger partial charge >= 0.3 is 0 Å². The van der Waals surface area contributed by atoms with Gasteiger partial charge in [0.1, 0.15) is 5.75 Å². The maximum atomic E-state index is 10.1. The minimum atomic E-state index is -0.478. The number of aliphatic hydroxyl groups is 1. The molecule has 1 aromatic rings. The molecule has 0 heterocycles. The van der Waals surface area contributed by atoms with Crippen LogP contribution >= 0.6 is 0 Å². The second-order valence-corrected chi connectivity index (χ2v) is 5.79. The van der Waals surface area contributed by atoms with E-state index in [0.717, 1.165) is 32.1 Å². The molecule has 18 heavy (non-hydrogen) atoms. The largest absolute Gasteiger partial charge is 0.508 e. The van der Waals surface area contributed by atoms with Crippen LogP contribution in [0.1, 0.15) is 49.3 Å². The summed E-state index contributed by atoms with van der Waals surface area (Å²) in [6, 6.07) is 5.94. The first kappa shape index (κ1) is 12.0. The summed E-state index contributed by atoms with van der Waals surface area (Å²) in [7, 11) is 0. The minimum absolute atomic E-state index is 0.283. The number of hydrogen-bond donors (Lipinski definition) is 3. The first-order valence-corrected chi connectivity index (χ1v) is 6.94. The first-order chi connectivity index (χ1) is 8.66. The molecule has 1 fully saturated rings. The molecule has 2 aliphatic carbocycles. The summed E-state index contributed by atoms with van der Waals surface area (Å²) in [6.45, 7) is 0.673. The van der Waals surface area contributed by atoms with Gasteiger partial charge < -0.3 is 15.5 Å². The van der Waals surface area contributed by atoms with Crippen molar-refractivity contribution in [1.29, 1.82) is 0 Å². The Bertz CT molecular complexity index is 440. The summed E-state index contributed by atoms with van der Waals surface area (Å²) < 4.78 is 0. The summed E-state index contributed by atoms with van der Waals surface area (Å²) in [5.41, 5.74) is 2.07. The Morgan fingerprint density at radius 1 is 1.28 bits per heavy atom. The van der Waals surface area contributed by atoms with Crippen LogP contribution < -0.4 is 5.32 Å². The van der Waals surface area contributed by atoms with E-state index in [1.54, 1.807) is 6.07 Å². The van der Waals surface area contributed by atoms with Gasteiger partial charge in [-0.2, -0.15) is 0 Å². The van der Waals surface area contributed by atoms with Crippen LogP contribution in [0.5, 0.6) is 5.75 Å². The SMILES string of the molecule is Oc1ccc2c(c1)C(NCC1(O)CCC1)CCC2. The normalized spacial score (nSPS) is 25.3. The van der Waals surface area contributed by atoms with E-state index >= 15 is 0 Å². The Labute approximate surface area is 108 Å². The topological polar surface area (TPSA) is 52.5 Å². The molecule has 0 radical (unpaired) electrons. The monoisotopic (exact) mass is 247 g/mol. The van der Waals surface area contributed by atoms with Crippen LogP contribution in [-0.4, -0.2) is 22.4 Å². The molecule has 3 rings (SSSR count). The fourth-order valence-corrected chi connectivity index (χ4v) is 3.07. The fraction of sp³-hybridized carbons (Fsp3) is 0.600. The number of hydrogen-bond acceptors (Lipinski definition) is 3.